The normalized spacial score (nSPS) is 10.8. The molecule has 0 saturated carbocycles. The molecule has 2 aromatic heterocycles. The number of anilines is 1. The molecule has 2 heterocycles. The number of amides is 1. The van der Waals surface area contributed by atoms with Crippen molar-refractivity contribution in [3.8, 4) is 0 Å². The number of rotatable bonds is 5. The van der Waals surface area contributed by atoms with Gasteiger partial charge >= 0.3 is 6.09 Å². The van der Waals surface area contributed by atoms with E-state index in [4.69, 9.17) is 5.11 Å². The van der Waals surface area contributed by atoms with E-state index in [1.54, 1.807) is 54.6 Å². The monoisotopic (exact) mass is 404 g/mol. The van der Waals surface area contributed by atoms with Crippen LogP contribution in [0.5, 0.6) is 0 Å². The zero-order chi connectivity index (χ0) is 20.2. The van der Waals surface area contributed by atoms with Gasteiger partial charge < -0.3 is 5.11 Å². The van der Waals surface area contributed by atoms with Crippen molar-refractivity contribution in [1.82, 2.24) is 14.8 Å². The van der Waals surface area contributed by atoms with Gasteiger partial charge in [0.15, 0.2) is 0 Å². The Bertz CT molecular complexity index is 1240. The van der Waals surface area contributed by atoms with Gasteiger partial charge in [0.1, 0.15) is 0 Å². The Labute approximate surface area is 170 Å². The van der Waals surface area contributed by atoms with Gasteiger partial charge in [-0.05, 0) is 48.0 Å². The number of fused-ring (bicyclic) bond motifs is 1. The summed E-state index contributed by atoms with van der Waals surface area (Å²) in [7, 11) is 0. The molecule has 7 nitrogen and oxygen atoms in total. The van der Waals surface area contributed by atoms with Crippen molar-refractivity contribution < 1.29 is 9.90 Å². The summed E-state index contributed by atoms with van der Waals surface area (Å²) in [5.74, 6) is 0. The van der Waals surface area contributed by atoms with Crippen LogP contribution in [0.3, 0.4) is 0 Å². The number of aromatic nitrogens is 3. The highest BCUT2D eigenvalue weighted by Crippen LogP contribution is 2.28. The Morgan fingerprint density at radius 3 is 2.76 bits per heavy atom. The molecule has 0 unspecified atom stereocenters. The second kappa shape index (κ2) is 8.15. The van der Waals surface area contributed by atoms with Crippen molar-refractivity contribution in [1.29, 1.82) is 0 Å². The highest BCUT2D eigenvalue weighted by Gasteiger charge is 2.08. The molecule has 4 rings (SSSR count). The lowest BCUT2D eigenvalue weighted by molar-refractivity contribution is 0.210. The van der Waals surface area contributed by atoms with Gasteiger partial charge in [0.2, 0.25) is 0 Å². The molecule has 0 saturated heterocycles. The number of pyridine rings is 1. The predicted molar refractivity (Wildman–Crippen MR) is 112 cm³/mol. The molecular formula is C21H16N4O3S. The maximum absolute atomic E-state index is 12.8. The van der Waals surface area contributed by atoms with Crippen molar-refractivity contribution in [2.24, 2.45) is 0 Å². The third-order valence-electron chi connectivity index (χ3n) is 4.20. The predicted octanol–water partition coefficient (Wildman–Crippen LogP) is 4.08. The summed E-state index contributed by atoms with van der Waals surface area (Å²) in [6, 6.07) is 16.4. The van der Waals surface area contributed by atoms with Gasteiger partial charge in [-0.25, -0.2) is 9.48 Å². The minimum absolute atomic E-state index is 0.197. The fraction of sp³-hybridized carbons (Fsp3) is 0.0476. The van der Waals surface area contributed by atoms with E-state index >= 15 is 0 Å². The van der Waals surface area contributed by atoms with E-state index in [1.807, 2.05) is 30.3 Å². The van der Waals surface area contributed by atoms with Gasteiger partial charge in [-0.1, -0.05) is 23.9 Å². The first-order valence-electron chi connectivity index (χ1n) is 8.75. The van der Waals surface area contributed by atoms with Crippen LogP contribution in [0, 0.1) is 0 Å². The molecule has 0 bridgehead atoms. The fourth-order valence-corrected chi connectivity index (χ4v) is 3.78. The number of carbonyl (C=O) groups is 1. The molecule has 4 aromatic rings. The summed E-state index contributed by atoms with van der Waals surface area (Å²) in [6.45, 7) is 0.246. The Morgan fingerprint density at radius 2 is 1.97 bits per heavy atom. The Balaban J connectivity index is 1.60. The molecule has 0 spiro atoms. The van der Waals surface area contributed by atoms with Gasteiger partial charge in [-0.15, -0.1) is 0 Å². The average Bonchev–Trinajstić information content (AvgIpc) is 2.71. The van der Waals surface area contributed by atoms with E-state index in [2.05, 4.69) is 15.4 Å². The van der Waals surface area contributed by atoms with Crippen LogP contribution in [-0.4, -0.2) is 26.0 Å². The first kappa shape index (κ1) is 18.7. The molecule has 0 radical (unpaired) electrons. The van der Waals surface area contributed by atoms with Gasteiger partial charge in [-0.2, -0.15) is 5.10 Å². The van der Waals surface area contributed by atoms with E-state index in [0.717, 1.165) is 20.7 Å². The molecule has 2 aromatic carbocycles. The van der Waals surface area contributed by atoms with Crippen LogP contribution in [0.25, 0.3) is 10.8 Å². The van der Waals surface area contributed by atoms with Gasteiger partial charge in [0.05, 0.1) is 18.1 Å². The van der Waals surface area contributed by atoms with Gasteiger partial charge in [-0.3, -0.25) is 15.1 Å². The van der Waals surface area contributed by atoms with Crippen LogP contribution in [0.2, 0.25) is 0 Å². The zero-order valence-corrected chi connectivity index (χ0v) is 16.0. The van der Waals surface area contributed by atoms with E-state index in [1.165, 1.54) is 4.68 Å². The minimum Gasteiger partial charge on any atom is -0.465 e. The maximum Gasteiger partial charge on any atom is 0.409 e. The summed E-state index contributed by atoms with van der Waals surface area (Å²) in [4.78, 5) is 29.8. The standard InChI is InChI=1S/C21H16N4O3S/c26-20-19-7-6-17(29-18-5-2-8-22-12-18)10-15(19)11-23-25(20)13-14-3-1-4-16(9-14)24-21(27)28/h1-12,24H,13H2,(H,27,28). The van der Waals surface area contributed by atoms with Crippen molar-refractivity contribution in [3.05, 3.63) is 89.1 Å². The van der Waals surface area contributed by atoms with Crippen molar-refractivity contribution in [2.75, 3.05) is 5.32 Å². The van der Waals surface area contributed by atoms with Crippen LogP contribution in [0.4, 0.5) is 10.5 Å². The summed E-state index contributed by atoms with van der Waals surface area (Å²) in [6.07, 6.45) is 4.05. The van der Waals surface area contributed by atoms with Crippen LogP contribution in [0.15, 0.2) is 87.8 Å². The second-order valence-electron chi connectivity index (χ2n) is 6.28. The topological polar surface area (TPSA) is 97.1 Å². The van der Waals surface area contributed by atoms with E-state index in [0.29, 0.717) is 11.1 Å². The molecule has 0 aliphatic carbocycles. The molecule has 0 atom stereocenters. The summed E-state index contributed by atoms with van der Waals surface area (Å²) in [5, 5.41) is 16.8. The van der Waals surface area contributed by atoms with Crippen LogP contribution in [0.1, 0.15) is 5.56 Å². The van der Waals surface area contributed by atoms with E-state index in [9.17, 15) is 9.59 Å². The Morgan fingerprint density at radius 1 is 1.07 bits per heavy atom. The lowest BCUT2D eigenvalue weighted by Crippen LogP contribution is -2.23. The molecule has 0 fully saturated rings. The molecule has 0 aliphatic heterocycles. The molecule has 29 heavy (non-hydrogen) atoms. The molecule has 8 heteroatoms. The average molecular weight is 404 g/mol. The summed E-state index contributed by atoms with van der Waals surface area (Å²) in [5.41, 5.74) is 1.02. The third kappa shape index (κ3) is 4.44. The van der Waals surface area contributed by atoms with Crippen LogP contribution in [-0.2, 0) is 6.54 Å². The minimum atomic E-state index is -1.14. The smallest absolute Gasteiger partial charge is 0.409 e. The molecule has 144 valence electrons. The first-order chi connectivity index (χ1) is 14.1. The lowest BCUT2D eigenvalue weighted by Gasteiger charge is -2.09. The summed E-state index contributed by atoms with van der Waals surface area (Å²) >= 11 is 1.57. The van der Waals surface area contributed by atoms with E-state index in [-0.39, 0.29) is 12.1 Å². The van der Waals surface area contributed by atoms with Crippen molar-refractivity contribution in [2.45, 2.75) is 16.3 Å². The number of hydrogen-bond acceptors (Lipinski definition) is 5. The van der Waals surface area contributed by atoms with E-state index < -0.39 is 6.09 Å². The first-order valence-corrected chi connectivity index (χ1v) is 9.57. The quantitative estimate of drug-likeness (QED) is 0.520. The lowest BCUT2D eigenvalue weighted by atomic mass is 10.2. The number of hydrogen-bond donors (Lipinski definition) is 2. The van der Waals surface area contributed by atoms with Crippen molar-refractivity contribution in [3.63, 3.8) is 0 Å². The van der Waals surface area contributed by atoms with Crippen molar-refractivity contribution >= 4 is 34.3 Å². The van der Waals surface area contributed by atoms with Crippen LogP contribution >= 0.6 is 11.8 Å². The van der Waals surface area contributed by atoms with Crippen LogP contribution < -0.4 is 10.9 Å². The number of nitrogens with zero attached hydrogens (tertiary/aromatic N) is 3. The van der Waals surface area contributed by atoms with Gasteiger partial charge in [0, 0.05) is 33.3 Å². The number of nitrogens with one attached hydrogen (secondary N) is 1. The number of benzene rings is 2. The Kier molecular flexibility index (Phi) is 5.26. The Hall–Kier alpha value is -3.65. The maximum atomic E-state index is 12.8. The molecular weight excluding hydrogens is 388 g/mol. The summed E-state index contributed by atoms with van der Waals surface area (Å²) < 4.78 is 1.37. The molecule has 1 amide bonds. The highest BCUT2D eigenvalue weighted by molar-refractivity contribution is 7.99. The zero-order valence-electron chi connectivity index (χ0n) is 15.1. The second-order valence-corrected chi connectivity index (χ2v) is 7.42. The molecule has 0 aliphatic rings. The van der Waals surface area contributed by atoms with Gasteiger partial charge in [0.25, 0.3) is 5.56 Å². The third-order valence-corrected chi connectivity index (χ3v) is 5.17. The number of carboxylic acid groups (broad SMARTS) is 1. The SMILES string of the molecule is O=C(O)Nc1cccc(Cn2ncc3cc(Sc4cccnc4)ccc3c2=O)c1. The highest BCUT2D eigenvalue weighted by atomic mass is 32.2. The fourth-order valence-electron chi connectivity index (χ4n) is 2.93. The molecule has 2 N–H and O–H groups in total. The largest absolute Gasteiger partial charge is 0.465 e.